The number of hydrogen-bond donors (Lipinski definition) is 1. The van der Waals surface area contributed by atoms with Crippen molar-refractivity contribution in [2.45, 2.75) is 72.3 Å². The number of rotatable bonds is 2. The smallest absolute Gasteiger partial charge is 0.0136 e. The van der Waals surface area contributed by atoms with E-state index in [0.717, 1.165) is 0 Å². The molecule has 0 amide bonds. The Morgan fingerprint density at radius 3 is 1.79 bits per heavy atom. The second kappa shape index (κ2) is 3.52. The van der Waals surface area contributed by atoms with E-state index in [2.05, 4.69) is 34.6 Å². The first-order valence-electron chi connectivity index (χ1n) is 6.03. The normalized spacial score (nSPS) is 35.6. The monoisotopic (exact) mass is 197 g/mol. The molecule has 14 heavy (non-hydrogen) atoms. The van der Waals surface area contributed by atoms with Gasteiger partial charge in [-0.2, -0.15) is 0 Å². The van der Waals surface area contributed by atoms with Gasteiger partial charge in [-0.05, 0) is 37.0 Å². The van der Waals surface area contributed by atoms with Crippen molar-refractivity contribution < 1.29 is 0 Å². The Kier molecular flexibility index (Phi) is 3.02. The minimum Gasteiger partial charge on any atom is -0.325 e. The van der Waals surface area contributed by atoms with Gasteiger partial charge < -0.3 is 5.73 Å². The first-order chi connectivity index (χ1) is 6.24. The third-order valence-electron chi connectivity index (χ3n) is 4.01. The molecule has 1 aliphatic carbocycles. The van der Waals surface area contributed by atoms with Crippen LogP contribution in [0.2, 0.25) is 0 Å². The van der Waals surface area contributed by atoms with Gasteiger partial charge in [0, 0.05) is 5.54 Å². The summed E-state index contributed by atoms with van der Waals surface area (Å²) in [5, 5.41) is 0. The molecule has 0 aromatic carbocycles. The molecule has 84 valence electrons. The molecule has 0 spiro atoms. The van der Waals surface area contributed by atoms with Gasteiger partial charge in [0.05, 0.1) is 0 Å². The molecule has 1 fully saturated rings. The molecule has 0 aromatic heterocycles. The third-order valence-corrected chi connectivity index (χ3v) is 4.01. The van der Waals surface area contributed by atoms with E-state index in [1.807, 2.05) is 0 Å². The van der Waals surface area contributed by atoms with E-state index >= 15 is 0 Å². The van der Waals surface area contributed by atoms with Gasteiger partial charge in [0.1, 0.15) is 0 Å². The minimum absolute atomic E-state index is 0.0494. The Hall–Kier alpha value is -0.0400. The Morgan fingerprint density at radius 2 is 1.43 bits per heavy atom. The zero-order valence-electron chi connectivity index (χ0n) is 10.6. The van der Waals surface area contributed by atoms with Gasteiger partial charge in [0.15, 0.2) is 0 Å². The first kappa shape index (κ1) is 12.0. The average Bonchev–Trinajstić information content (AvgIpc) is 1.98. The zero-order chi connectivity index (χ0) is 11.0. The van der Waals surface area contributed by atoms with Crippen LogP contribution in [0.5, 0.6) is 0 Å². The Bertz CT molecular complexity index is 181. The predicted molar refractivity (Wildman–Crippen MR) is 63.2 cm³/mol. The maximum absolute atomic E-state index is 6.38. The Labute approximate surface area is 89.5 Å². The van der Waals surface area contributed by atoms with Crippen LogP contribution in [-0.2, 0) is 0 Å². The largest absolute Gasteiger partial charge is 0.325 e. The summed E-state index contributed by atoms with van der Waals surface area (Å²) in [6.07, 6.45) is 6.28. The molecule has 0 aromatic rings. The summed E-state index contributed by atoms with van der Waals surface area (Å²) in [5.74, 6) is 0. The first-order valence-corrected chi connectivity index (χ1v) is 6.03. The molecule has 1 aliphatic rings. The summed E-state index contributed by atoms with van der Waals surface area (Å²) >= 11 is 0. The lowest BCUT2D eigenvalue weighted by Crippen LogP contribution is -2.51. The van der Waals surface area contributed by atoms with E-state index in [1.165, 1.54) is 32.1 Å². The SMILES string of the molecule is CCC1(CC)CC(C)(C)CC(C)(N)C1. The van der Waals surface area contributed by atoms with Gasteiger partial charge in [0.25, 0.3) is 0 Å². The Balaban J connectivity index is 2.90. The zero-order valence-corrected chi connectivity index (χ0v) is 10.6. The Morgan fingerprint density at radius 1 is 0.929 bits per heavy atom. The van der Waals surface area contributed by atoms with E-state index in [0.29, 0.717) is 10.8 Å². The van der Waals surface area contributed by atoms with Crippen LogP contribution in [-0.4, -0.2) is 5.54 Å². The summed E-state index contributed by atoms with van der Waals surface area (Å²) in [7, 11) is 0. The molecular weight excluding hydrogens is 170 g/mol. The summed E-state index contributed by atoms with van der Waals surface area (Å²) in [6, 6.07) is 0. The van der Waals surface area contributed by atoms with Crippen molar-refractivity contribution in [1.29, 1.82) is 0 Å². The highest BCUT2D eigenvalue weighted by Crippen LogP contribution is 2.52. The third kappa shape index (κ3) is 2.50. The minimum atomic E-state index is 0.0494. The van der Waals surface area contributed by atoms with Crippen molar-refractivity contribution in [3.05, 3.63) is 0 Å². The quantitative estimate of drug-likeness (QED) is 0.717. The van der Waals surface area contributed by atoms with Crippen LogP contribution in [0.15, 0.2) is 0 Å². The second-order valence-electron chi connectivity index (χ2n) is 6.56. The van der Waals surface area contributed by atoms with Gasteiger partial charge in [-0.15, -0.1) is 0 Å². The van der Waals surface area contributed by atoms with E-state index in [1.54, 1.807) is 0 Å². The molecular formula is C13H27N. The van der Waals surface area contributed by atoms with Crippen LogP contribution in [0.4, 0.5) is 0 Å². The highest BCUT2D eigenvalue weighted by atomic mass is 14.8. The summed E-state index contributed by atoms with van der Waals surface area (Å²) in [4.78, 5) is 0. The number of hydrogen-bond acceptors (Lipinski definition) is 1. The van der Waals surface area contributed by atoms with Gasteiger partial charge in [0.2, 0.25) is 0 Å². The molecule has 0 heterocycles. The lowest BCUT2D eigenvalue weighted by Gasteiger charge is -2.51. The van der Waals surface area contributed by atoms with Crippen molar-refractivity contribution in [1.82, 2.24) is 0 Å². The average molecular weight is 197 g/mol. The lowest BCUT2D eigenvalue weighted by molar-refractivity contribution is 0.0252. The van der Waals surface area contributed by atoms with Crippen LogP contribution < -0.4 is 5.73 Å². The van der Waals surface area contributed by atoms with Gasteiger partial charge in [-0.1, -0.05) is 40.5 Å². The van der Waals surface area contributed by atoms with Crippen molar-refractivity contribution in [2.75, 3.05) is 0 Å². The van der Waals surface area contributed by atoms with Gasteiger partial charge in [-0.3, -0.25) is 0 Å². The molecule has 1 nitrogen and oxygen atoms in total. The maximum atomic E-state index is 6.38. The van der Waals surface area contributed by atoms with E-state index in [4.69, 9.17) is 5.73 Å². The lowest BCUT2D eigenvalue weighted by atomic mass is 9.56. The van der Waals surface area contributed by atoms with Crippen LogP contribution >= 0.6 is 0 Å². The predicted octanol–water partition coefficient (Wildman–Crippen LogP) is 3.72. The van der Waals surface area contributed by atoms with Crippen LogP contribution in [0, 0.1) is 10.8 Å². The molecule has 1 rings (SSSR count). The molecule has 1 atom stereocenters. The maximum Gasteiger partial charge on any atom is 0.0136 e. The molecule has 2 N–H and O–H groups in total. The van der Waals surface area contributed by atoms with Gasteiger partial charge >= 0.3 is 0 Å². The van der Waals surface area contributed by atoms with E-state index < -0.39 is 0 Å². The molecule has 1 heteroatoms. The molecule has 0 saturated heterocycles. The van der Waals surface area contributed by atoms with E-state index in [9.17, 15) is 0 Å². The van der Waals surface area contributed by atoms with E-state index in [-0.39, 0.29) is 5.54 Å². The number of nitrogens with two attached hydrogens (primary N) is 1. The molecule has 0 bridgehead atoms. The van der Waals surface area contributed by atoms with Crippen LogP contribution in [0.1, 0.15) is 66.7 Å². The fraction of sp³-hybridized carbons (Fsp3) is 1.00. The molecule has 0 radical (unpaired) electrons. The fourth-order valence-electron chi connectivity index (χ4n) is 3.90. The van der Waals surface area contributed by atoms with Crippen molar-refractivity contribution in [3.8, 4) is 0 Å². The summed E-state index contributed by atoms with van der Waals surface area (Å²) in [5.41, 5.74) is 7.36. The van der Waals surface area contributed by atoms with Crippen molar-refractivity contribution in [2.24, 2.45) is 16.6 Å². The van der Waals surface area contributed by atoms with Crippen molar-refractivity contribution >= 4 is 0 Å². The fourth-order valence-corrected chi connectivity index (χ4v) is 3.90. The standard InChI is InChI=1S/C13H27N/c1-6-13(7-2)9-11(3,4)8-12(5,14)10-13/h6-10,14H2,1-5H3. The van der Waals surface area contributed by atoms with Gasteiger partial charge in [-0.25, -0.2) is 0 Å². The van der Waals surface area contributed by atoms with Crippen molar-refractivity contribution in [3.63, 3.8) is 0 Å². The summed E-state index contributed by atoms with van der Waals surface area (Å²) in [6.45, 7) is 11.6. The molecule has 1 unspecified atom stereocenters. The second-order valence-corrected chi connectivity index (χ2v) is 6.56. The molecule has 1 saturated carbocycles. The summed E-state index contributed by atoms with van der Waals surface area (Å²) < 4.78 is 0. The van der Waals surface area contributed by atoms with Crippen LogP contribution in [0.25, 0.3) is 0 Å². The highest BCUT2D eigenvalue weighted by molar-refractivity contribution is 5.00. The molecule has 0 aliphatic heterocycles. The highest BCUT2D eigenvalue weighted by Gasteiger charge is 2.45. The topological polar surface area (TPSA) is 26.0 Å². The van der Waals surface area contributed by atoms with Crippen LogP contribution in [0.3, 0.4) is 0 Å².